The number of hydrogen-bond donors (Lipinski definition) is 1. The van der Waals surface area contributed by atoms with E-state index in [9.17, 15) is 9.90 Å². The Balaban J connectivity index is 3.75. The molecule has 4 heteroatoms. The molecule has 72 valence electrons. The van der Waals surface area contributed by atoms with E-state index in [0.717, 1.165) is 0 Å². The van der Waals surface area contributed by atoms with Crippen LogP contribution in [0, 0.1) is 5.92 Å². The summed E-state index contributed by atoms with van der Waals surface area (Å²) in [6.45, 7) is 2.32. The van der Waals surface area contributed by atoms with Crippen LogP contribution in [0.4, 0.5) is 0 Å². The first-order valence-electron chi connectivity index (χ1n) is 3.88. The summed E-state index contributed by atoms with van der Waals surface area (Å²) in [5.41, 5.74) is 0. The lowest BCUT2D eigenvalue weighted by molar-refractivity contribution is -0.153. The second-order valence-corrected chi connectivity index (χ2v) is 2.73. The first-order chi connectivity index (χ1) is 5.63. The second kappa shape index (κ2) is 5.97. The van der Waals surface area contributed by atoms with E-state index < -0.39 is 12.1 Å². The van der Waals surface area contributed by atoms with Crippen molar-refractivity contribution in [3.8, 4) is 0 Å². The van der Waals surface area contributed by atoms with Gasteiger partial charge < -0.3 is 14.6 Å². The fourth-order valence-corrected chi connectivity index (χ4v) is 0.815. The van der Waals surface area contributed by atoms with E-state index in [-0.39, 0.29) is 5.92 Å². The van der Waals surface area contributed by atoms with Crippen LogP contribution in [0.5, 0.6) is 0 Å². The normalized spacial score (nSPS) is 15.3. The van der Waals surface area contributed by atoms with Crippen molar-refractivity contribution in [3.63, 3.8) is 0 Å². The summed E-state index contributed by atoms with van der Waals surface area (Å²) in [7, 11) is 2.84. The van der Waals surface area contributed by atoms with Gasteiger partial charge in [-0.25, -0.2) is 4.79 Å². The summed E-state index contributed by atoms with van der Waals surface area (Å²) in [6, 6.07) is 0. The summed E-state index contributed by atoms with van der Waals surface area (Å²) >= 11 is 0. The molecule has 0 saturated carbocycles. The minimum atomic E-state index is -1.04. The monoisotopic (exact) mass is 176 g/mol. The van der Waals surface area contributed by atoms with E-state index in [2.05, 4.69) is 4.74 Å². The third-order valence-corrected chi connectivity index (χ3v) is 1.76. The average Bonchev–Trinajstić information content (AvgIpc) is 2.11. The predicted octanol–water partition coefficient (Wildman–Crippen LogP) is 0.193. The van der Waals surface area contributed by atoms with E-state index in [1.807, 2.05) is 0 Å². The van der Waals surface area contributed by atoms with Crippen LogP contribution in [0.25, 0.3) is 0 Å². The van der Waals surface area contributed by atoms with Gasteiger partial charge in [0.2, 0.25) is 0 Å². The van der Waals surface area contributed by atoms with Gasteiger partial charge in [0.05, 0.1) is 7.11 Å². The zero-order valence-corrected chi connectivity index (χ0v) is 7.74. The molecule has 0 aromatic heterocycles. The molecule has 0 aromatic rings. The third-order valence-electron chi connectivity index (χ3n) is 1.76. The fourth-order valence-electron chi connectivity index (χ4n) is 0.815. The molecule has 0 rings (SSSR count). The number of hydrogen-bond acceptors (Lipinski definition) is 4. The Kier molecular flexibility index (Phi) is 5.66. The van der Waals surface area contributed by atoms with E-state index in [0.29, 0.717) is 13.0 Å². The van der Waals surface area contributed by atoms with Crippen LogP contribution >= 0.6 is 0 Å². The lowest BCUT2D eigenvalue weighted by Crippen LogP contribution is -2.29. The number of esters is 1. The lowest BCUT2D eigenvalue weighted by Gasteiger charge is -2.15. The van der Waals surface area contributed by atoms with Crippen LogP contribution in [0.1, 0.15) is 13.3 Å². The largest absolute Gasteiger partial charge is 0.467 e. The zero-order valence-electron chi connectivity index (χ0n) is 7.74. The van der Waals surface area contributed by atoms with Gasteiger partial charge in [-0.15, -0.1) is 0 Å². The van der Waals surface area contributed by atoms with Gasteiger partial charge >= 0.3 is 5.97 Å². The molecular weight excluding hydrogens is 160 g/mol. The van der Waals surface area contributed by atoms with Gasteiger partial charge in [-0.3, -0.25) is 0 Å². The van der Waals surface area contributed by atoms with Gasteiger partial charge in [0, 0.05) is 13.7 Å². The van der Waals surface area contributed by atoms with Crippen LogP contribution in [0.2, 0.25) is 0 Å². The molecule has 0 radical (unpaired) electrons. The van der Waals surface area contributed by atoms with Crippen LogP contribution in [0.3, 0.4) is 0 Å². The van der Waals surface area contributed by atoms with Crippen LogP contribution in [-0.2, 0) is 14.3 Å². The molecule has 12 heavy (non-hydrogen) atoms. The Morgan fingerprint density at radius 3 is 2.50 bits per heavy atom. The highest BCUT2D eigenvalue weighted by Crippen LogP contribution is 2.09. The van der Waals surface area contributed by atoms with Crippen molar-refractivity contribution in [3.05, 3.63) is 0 Å². The van der Waals surface area contributed by atoms with Crippen LogP contribution in [-0.4, -0.2) is 38.0 Å². The summed E-state index contributed by atoms with van der Waals surface area (Å²) < 4.78 is 9.20. The first-order valence-corrected chi connectivity index (χ1v) is 3.88. The topological polar surface area (TPSA) is 55.8 Å². The van der Waals surface area contributed by atoms with Crippen molar-refractivity contribution >= 4 is 5.97 Å². The zero-order chi connectivity index (χ0) is 9.56. The molecule has 0 heterocycles. The lowest BCUT2D eigenvalue weighted by atomic mass is 10.0. The predicted molar refractivity (Wildman–Crippen MR) is 43.7 cm³/mol. The van der Waals surface area contributed by atoms with Gasteiger partial charge in [-0.2, -0.15) is 0 Å². The van der Waals surface area contributed by atoms with Crippen molar-refractivity contribution in [1.82, 2.24) is 0 Å². The summed E-state index contributed by atoms with van der Waals surface area (Å²) in [4.78, 5) is 10.8. The van der Waals surface area contributed by atoms with E-state index >= 15 is 0 Å². The Morgan fingerprint density at radius 1 is 1.50 bits per heavy atom. The molecule has 0 amide bonds. The quantitative estimate of drug-likeness (QED) is 0.608. The van der Waals surface area contributed by atoms with Gasteiger partial charge in [-0.1, -0.05) is 6.92 Å². The number of methoxy groups -OCH3 is 2. The maximum atomic E-state index is 10.8. The Bertz CT molecular complexity index is 135. The number of rotatable bonds is 5. The Morgan fingerprint density at radius 2 is 2.08 bits per heavy atom. The third kappa shape index (κ3) is 3.69. The van der Waals surface area contributed by atoms with E-state index in [4.69, 9.17) is 4.74 Å². The van der Waals surface area contributed by atoms with Crippen molar-refractivity contribution < 1.29 is 19.4 Å². The van der Waals surface area contributed by atoms with Gasteiger partial charge in [0.1, 0.15) is 0 Å². The number of carbonyl (C=O) groups excluding carboxylic acids is 1. The summed E-state index contributed by atoms with van der Waals surface area (Å²) in [6.07, 6.45) is -0.391. The summed E-state index contributed by atoms with van der Waals surface area (Å²) in [5.74, 6) is -0.712. The SMILES string of the molecule is COCCC(C)C(O)C(=O)OC. The van der Waals surface area contributed by atoms with Gasteiger partial charge in [0.15, 0.2) is 6.10 Å². The molecule has 4 nitrogen and oxygen atoms in total. The number of aliphatic hydroxyl groups is 1. The van der Waals surface area contributed by atoms with Crippen LogP contribution in [0.15, 0.2) is 0 Å². The fraction of sp³-hybridized carbons (Fsp3) is 0.875. The molecule has 2 atom stereocenters. The number of carbonyl (C=O) groups is 1. The molecule has 0 aliphatic heterocycles. The van der Waals surface area contributed by atoms with Crippen LogP contribution < -0.4 is 0 Å². The first kappa shape index (κ1) is 11.4. The van der Waals surface area contributed by atoms with E-state index in [1.165, 1.54) is 7.11 Å². The maximum absolute atomic E-state index is 10.8. The minimum absolute atomic E-state index is 0.127. The van der Waals surface area contributed by atoms with Crippen molar-refractivity contribution in [2.24, 2.45) is 5.92 Å². The van der Waals surface area contributed by atoms with Crippen molar-refractivity contribution in [2.45, 2.75) is 19.4 Å². The highest BCUT2D eigenvalue weighted by atomic mass is 16.5. The molecule has 2 unspecified atom stereocenters. The van der Waals surface area contributed by atoms with Crippen molar-refractivity contribution in [2.75, 3.05) is 20.8 Å². The van der Waals surface area contributed by atoms with Gasteiger partial charge in [0.25, 0.3) is 0 Å². The Labute approximate surface area is 72.5 Å². The van der Waals surface area contributed by atoms with Crippen molar-refractivity contribution in [1.29, 1.82) is 0 Å². The molecule has 0 saturated heterocycles. The summed E-state index contributed by atoms with van der Waals surface area (Å²) in [5, 5.41) is 9.28. The minimum Gasteiger partial charge on any atom is -0.467 e. The second-order valence-electron chi connectivity index (χ2n) is 2.73. The molecule has 0 aliphatic rings. The number of aliphatic hydroxyl groups excluding tert-OH is 1. The molecule has 0 bridgehead atoms. The average molecular weight is 176 g/mol. The van der Waals surface area contributed by atoms with E-state index in [1.54, 1.807) is 14.0 Å². The smallest absolute Gasteiger partial charge is 0.334 e. The molecule has 0 fully saturated rings. The standard InChI is InChI=1S/C8H16O4/c1-6(4-5-11-2)7(9)8(10)12-3/h6-7,9H,4-5H2,1-3H3. The maximum Gasteiger partial charge on any atom is 0.334 e. The molecular formula is C8H16O4. The highest BCUT2D eigenvalue weighted by molar-refractivity contribution is 5.74. The molecule has 1 N–H and O–H groups in total. The molecule has 0 aliphatic carbocycles. The Hall–Kier alpha value is -0.610. The molecule has 0 aromatic carbocycles. The number of ether oxygens (including phenoxy) is 2. The highest BCUT2D eigenvalue weighted by Gasteiger charge is 2.22. The van der Waals surface area contributed by atoms with Gasteiger partial charge in [-0.05, 0) is 12.3 Å². The molecule has 0 spiro atoms.